The van der Waals surface area contributed by atoms with Gasteiger partial charge in [0, 0.05) is 12.1 Å². The third kappa shape index (κ3) is 5.60. The number of H-pyrrole nitrogens is 1. The second-order valence-electron chi connectivity index (χ2n) is 6.29. The van der Waals surface area contributed by atoms with E-state index in [1.807, 2.05) is 24.3 Å². The summed E-state index contributed by atoms with van der Waals surface area (Å²) in [5.74, 6) is 3.01. The number of rotatable bonds is 10. The second-order valence-corrected chi connectivity index (χ2v) is 7.24. The molecule has 0 radical (unpaired) electrons. The van der Waals surface area contributed by atoms with Gasteiger partial charge in [0.1, 0.15) is 5.75 Å². The topological polar surface area (TPSA) is 108 Å². The predicted molar refractivity (Wildman–Crippen MR) is 117 cm³/mol. The number of nitrogens with one attached hydrogen (secondary N) is 2. The largest absolute Gasteiger partial charge is 0.497 e. The molecule has 164 valence electrons. The zero-order valence-corrected chi connectivity index (χ0v) is 18.5. The van der Waals surface area contributed by atoms with Crippen LogP contribution >= 0.6 is 11.8 Å². The molecule has 1 aromatic heterocycles. The van der Waals surface area contributed by atoms with Crippen molar-refractivity contribution in [1.29, 1.82) is 0 Å². The van der Waals surface area contributed by atoms with Crippen molar-refractivity contribution in [3.63, 3.8) is 0 Å². The van der Waals surface area contributed by atoms with E-state index in [1.165, 1.54) is 11.8 Å². The van der Waals surface area contributed by atoms with Crippen LogP contribution < -0.4 is 24.3 Å². The van der Waals surface area contributed by atoms with Gasteiger partial charge < -0.3 is 24.3 Å². The molecule has 1 amide bonds. The Hall–Kier alpha value is -3.40. The molecule has 10 heteroatoms. The van der Waals surface area contributed by atoms with E-state index in [0.29, 0.717) is 34.8 Å². The highest BCUT2D eigenvalue weighted by Crippen LogP contribution is 2.38. The van der Waals surface area contributed by atoms with Gasteiger partial charge in [-0.3, -0.25) is 9.89 Å². The van der Waals surface area contributed by atoms with E-state index in [-0.39, 0.29) is 11.7 Å². The minimum atomic E-state index is -0.144. The molecule has 0 aliphatic rings. The Morgan fingerprint density at radius 3 is 2.26 bits per heavy atom. The van der Waals surface area contributed by atoms with Crippen LogP contribution in [0.25, 0.3) is 11.4 Å². The van der Waals surface area contributed by atoms with Crippen LogP contribution in [0.4, 0.5) is 0 Å². The van der Waals surface area contributed by atoms with Crippen molar-refractivity contribution < 1.29 is 23.7 Å². The van der Waals surface area contributed by atoms with E-state index in [1.54, 1.807) is 40.6 Å². The van der Waals surface area contributed by atoms with Gasteiger partial charge in [0.2, 0.25) is 16.8 Å². The Balaban J connectivity index is 1.54. The molecule has 0 saturated carbocycles. The van der Waals surface area contributed by atoms with Crippen molar-refractivity contribution in [2.45, 2.75) is 11.7 Å². The van der Waals surface area contributed by atoms with Crippen LogP contribution in [0.3, 0.4) is 0 Å². The van der Waals surface area contributed by atoms with E-state index < -0.39 is 0 Å². The van der Waals surface area contributed by atoms with E-state index >= 15 is 0 Å². The fraction of sp³-hybridized carbons (Fsp3) is 0.286. The van der Waals surface area contributed by atoms with E-state index in [9.17, 15) is 4.79 Å². The minimum Gasteiger partial charge on any atom is -0.497 e. The Labute approximate surface area is 184 Å². The highest BCUT2D eigenvalue weighted by molar-refractivity contribution is 7.99. The molecule has 0 aliphatic heterocycles. The van der Waals surface area contributed by atoms with Gasteiger partial charge in [0.15, 0.2) is 17.3 Å². The summed E-state index contributed by atoms with van der Waals surface area (Å²) in [6.45, 7) is 0.321. The molecular formula is C21H24N4O5S. The zero-order valence-electron chi connectivity index (χ0n) is 17.7. The lowest BCUT2D eigenvalue weighted by Gasteiger charge is -2.14. The number of ether oxygens (including phenoxy) is 4. The summed E-state index contributed by atoms with van der Waals surface area (Å²) in [5, 5.41) is 10.4. The Bertz CT molecular complexity index is 998. The van der Waals surface area contributed by atoms with Crippen LogP contribution in [0.15, 0.2) is 41.6 Å². The number of carbonyl (C=O) groups excluding carboxylic acids is 1. The van der Waals surface area contributed by atoms with Crippen molar-refractivity contribution in [3.05, 3.63) is 42.0 Å². The summed E-state index contributed by atoms with van der Waals surface area (Å²) in [7, 11) is 6.26. The van der Waals surface area contributed by atoms with Gasteiger partial charge in [-0.15, -0.1) is 5.10 Å². The number of benzene rings is 2. The summed E-state index contributed by atoms with van der Waals surface area (Å²) in [5.41, 5.74) is 1.71. The standard InChI is InChI=1S/C21H24N4O5S/c1-27-15-7-5-14(6-8-15)20-23-21(25-24-20)31-12-18(26)22-11-13-9-16(28-2)19(30-4)17(10-13)29-3/h5-10H,11-12H2,1-4H3,(H,22,26)(H,23,24,25). The Morgan fingerprint density at radius 1 is 1.00 bits per heavy atom. The van der Waals surface area contributed by atoms with Crippen LogP contribution in [0, 0.1) is 0 Å². The van der Waals surface area contributed by atoms with Gasteiger partial charge in [0.05, 0.1) is 34.2 Å². The summed E-state index contributed by atoms with van der Waals surface area (Å²) in [6.07, 6.45) is 0. The molecule has 3 aromatic rings. The van der Waals surface area contributed by atoms with Crippen LogP contribution in [0.2, 0.25) is 0 Å². The van der Waals surface area contributed by atoms with E-state index in [0.717, 1.165) is 16.9 Å². The van der Waals surface area contributed by atoms with Crippen molar-refractivity contribution in [2.24, 2.45) is 0 Å². The summed E-state index contributed by atoms with van der Waals surface area (Å²) < 4.78 is 21.1. The number of hydrogen-bond donors (Lipinski definition) is 2. The molecule has 3 rings (SSSR count). The van der Waals surface area contributed by atoms with Crippen molar-refractivity contribution in [3.8, 4) is 34.4 Å². The smallest absolute Gasteiger partial charge is 0.230 e. The minimum absolute atomic E-state index is 0.144. The van der Waals surface area contributed by atoms with Crippen LogP contribution in [-0.2, 0) is 11.3 Å². The molecular weight excluding hydrogens is 420 g/mol. The number of carbonyl (C=O) groups is 1. The first-order chi connectivity index (χ1) is 15.1. The number of methoxy groups -OCH3 is 4. The quantitative estimate of drug-likeness (QED) is 0.460. The molecule has 1 heterocycles. The van der Waals surface area contributed by atoms with Gasteiger partial charge in [-0.1, -0.05) is 11.8 Å². The van der Waals surface area contributed by atoms with Gasteiger partial charge in [-0.2, -0.15) is 0 Å². The number of amides is 1. The fourth-order valence-electron chi connectivity index (χ4n) is 2.81. The van der Waals surface area contributed by atoms with Gasteiger partial charge in [0.25, 0.3) is 0 Å². The molecule has 0 bridgehead atoms. The second kappa shape index (κ2) is 10.6. The Kier molecular flexibility index (Phi) is 7.60. The highest BCUT2D eigenvalue weighted by Gasteiger charge is 2.14. The maximum atomic E-state index is 12.3. The third-order valence-electron chi connectivity index (χ3n) is 4.37. The number of hydrogen-bond acceptors (Lipinski definition) is 8. The number of aromatic nitrogens is 3. The molecule has 0 saturated heterocycles. The van der Waals surface area contributed by atoms with E-state index in [2.05, 4.69) is 20.5 Å². The lowest BCUT2D eigenvalue weighted by Crippen LogP contribution is -2.24. The molecule has 2 N–H and O–H groups in total. The maximum absolute atomic E-state index is 12.3. The molecule has 9 nitrogen and oxygen atoms in total. The first-order valence-electron chi connectivity index (χ1n) is 9.33. The summed E-state index contributed by atoms with van der Waals surface area (Å²) >= 11 is 1.25. The van der Waals surface area contributed by atoms with Crippen molar-refractivity contribution in [1.82, 2.24) is 20.5 Å². The first-order valence-corrected chi connectivity index (χ1v) is 10.3. The summed E-state index contributed by atoms with van der Waals surface area (Å²) in [4.78, 5) is 16.7. The first kappa shape index (κ1) is 22.3. The number of aromatic amines is 1. The van der Waals surface area contributed by atoms with Crippen molar-refractivity contribution >= 4 is 17.7 Å². The van der Waals surface area contributed by atoms with Gasteiger partial charge in [-0.05, 0) is 42.0 Å². The molecule has 0 atom stereocenters. The van der Waals surface area contributed by atoms with Crippen molar-refractivity contribution in [2.75, 3.05) is 34.2 Å². The van der Waals surface area contributed by atoms with E-state index in [4.69, 9.17) is 18.9 Å². The normalized spacial score (nSPS) is 10.5. The third-order valence-corrected chi connectivity index (χ3v) is 5.22. The summed E-state index contributed by atoms with van der Waals surface area (Å²) in [6, 6.07) is 11.1. The molecule has 0 aliphatic carbocycles. The molecule has 0 fully saturated rings. The average molecular weight is 445 g/mol. The molecule has 31 heavy (non-hydrogen) atoms. The predicted octanol–water partition coefficient (Wildman–Crippen LogP) is 2.91. The van der Waals surface area contributed by atoms with Crippen LogP contribution in [0.1, 0.15) is 5.56 Å². The molecule has 2 aromatic carbocycles. The monoisotopic (exact) mass is 444 g/mol. The number of thioether (sulfide) groups is 1. The Morgan fingerprint density at radius 2 is 1.68 bits per heavy atom. The molecule has 0 spiro atoms. The van der Waals surface area contributed by atoms with Crippen LogP contribution in [0.5, 0.6) is 23.0 Å². The molecule has 0 unspecified atom stereocenters. The van der Waals surface area contributed by atoms with Gasteiger partial charge in [-0.25, -0.2) is 4.98 Å². The zero-order chi connectivity index (χ0) is 22.2. The van der Waals surface area contributed by atoms with Crippen LogP contribution in [-0.4, -0.2) is 55.3 Å². The lowest BCUT2D eigenvalue weighted by molar-refractivity contribution is -0.118. The fourth-order valence-corrected chi connectivity index (χ4v) is 3.44. The highest BCUT2D eigenvalue weighted by atomic mass is 32.2. The number of nitrogens with zero attached hydrogens (tertiary/aromatic N) is 2. The maximum Gasteiger partial charge on any atom is 0.230 e. The lowest BCUT2D eigenvalue weighted by atomic mass is 10.2. The van der Waals surface area contributed by atoms with Gasteiger partial charge >= 0.3 is 0 Å². The average Bonchev–Trinajstić information content (AvgIpc) is 3.29. The SMILES string of the molecule is COc1ccc(-c2nc(SCC(=O)NCc3cc(OC)c(OC)c(OC)c3)n[nH]2)cc1.